The fourth-order valence-electron chi connectivity index (χ4n) is 2.74. The van der Waals surface area contributed by atoms with E-state index in [0.717, 1.165) is 17.7 Å². The molecule has 0 aliphatic carbocycles. The van der Waals surface area contributed by atoms with Crippen LogP contribution in [0.15, 0.2) is 59.4 Å². The first-order valence-electron chi connectivity index (χ1n) is 8.12. The Bertz CT molecular complexity index is 1020. The van der Waals surface area contributed by atoms with Gasteiger partial charge in [0.1, 0.15) is 16.8 Å². The molecule has 0 saturated heterocycles. The molecule has 11 heteroatoms. The molecule has 28 heavy (non-hydrogen) atoms. The van der Waals surface area contributed by atoms with Crippen LogP contribution in [0.3, 0.4) is 0 Å². The molecule has 0 radical (unpaired) electrons. The van der Waals surface area contributed by atoms with E-state index in [2.05, 4.69) is 4.72 Å². The van der Waals surface area contributed by atoms with Gasteiger partial charge in [0.25, 0.3) is 5.69 Å². The molecular formula is C17H18N4O6S. The van der Waals surface area contributed by atoms with Crippen LogP contribution in [0, 0.1) is 10.1 Å². The van der Waals surface area contributed by atoms with Gasteiger partial charge in [0.15, 0.2) is 5.76 Å². The molecule has 148 valence electrons. The summed E-state index contributed by atoms with van der Waals surface area (Å²) in [4.78, 5) is 9.87. The SMILES string of the molecule is Nc1cc([N+](=O)[O-])c(N)c(S(=O)(=O)NC(Cc2ccccc2)C2=COCO2)c1. The van der Waals surface area contributed by atoms with Gasteiger partial charge in [-0.3, -0.25) is 10.1 Å². The van der Waals surface area contributed by atoms with Crippen molar-refractivity contribution in [3.63, 3.8) is 0 Å². The molecule has 0 saturated carbocycles. The highest BCUT2D eigenvalue weighted by Gasteiger charge is 2.30. The zero-order valence-electron chi connectivity index (χ0n) is 14.6. The standard InChI is InChI=1S/C17H18N4O6S/c18-12-7-14(21(22)23)17(19)16(8-12)28(24,25)20-13(15-9-26-10-27-15)6-11-4-2-1-3-5-11/h1-5,7-9,13,20H,6,10,18-19H2. The zero-order valence-corrected chi connectivity index (χ0v) is 15.4. The van der Waals surface area contributed by atoms with E-state index in [1.807, 2.05) is 30.3 Å². The number of nitrogen functional groups attached to an aromatic ring is 2. The summed E-state index contributed by atoms with van der Waals surface area (Å²) in [5.41, 5.74) is 11.0. The molecule has 0 amide bonds. The second-order valence-electron chi connectivity index (χ2n) is 6.02. The van der Waals surface area contributed by atoms with Crippen LogP contribution in [-0.4, -0.2) is 26.2 Å². The van der Waals surface area contributed by atoms with E-state index in [-0.39, 0.29) is 24.7 Å². The third-order valence-electron chi connectivity index (χ3n) is 4.05. The summed E-state index contributed by atoms with van der Waals surface area (Å²) in [5.74, 6) is 0.282. The Morgan fingerprint density at radius 1 is 1.21 bits per heavy atom. The smallest absolute Gasteiger partial charge is 0.295 e. The molecule has 2 aromatic carbocycles. The molecule has 1 aliphatic heterocycles. The summed E-state index contributed by atoms with van der Waals surface area (Å²) < 4.78 is 38.7. The predicted molar refractivity (Wildman–Crippen MR) is 101 cm³/mol. The monoisotopic (exact) mass is 406 g/mol. The average Bonchev–Trinajstić information content (AvgIpc) is 3.18. The molecule has 0 aromatic heterocycles. The number of nitrogens with two attached hydrogens (primary N) is 2. The molecule has 0 fully saturated rings. The maximum absolute atomic E-state index is 12.9. The minimum Gasteiger partial charge on any atom is -0.462 e. The first kappa shape index (κ1) is 19.5. The minimum absolute atomic E-state index is 0.0335. The van der Waals surface area contributed by atoms with Crippen molar-refractivity contribution in [2.75, 3.05) is 18.3 Å². The molecule has 3 rings (SSSR count). The number of benzene rings is 2. The third kappa shape index (κ3) is 4.15. The van der Waals surface area contributed by atoms with Crippen LogP contribution < -0.4 is 16.2 Å². The number of nitrogens with zero attached hydrogens (tertiary/aromatic N) is 1. The fourth-order valence-corrected chi connectivity index (χ4v) is 4.13. The summed E-state index contributed by atoms with van der Waals surface area (Å²) in [6.45, 7) is -0.0335. The average molecular weight is 406 g/mol. The van der Waals surface area contributed by atoms with Gasteiger partial charge in [0, 0.05) is 11.8 Å². The van der Waals surface area contributed by atoms with Gasteiger partial charge in [-0.1, -0.05) is 30.3 Å². The number of hydrogen-bond acceptors (Lipinski definition) is 8. The van der Waals surface area contributed by atoms with E-state index in [1.54, 1.807) is 0 Å². The van der Waals surface area contributed by atoms with Crippen molar-refractivity contribution in [1.82, 2.24) is 4.72 Å². The van der Waals surface area contributed by atoms with Gasteiger partial charge < -0.3 is 20.9 Å². The number of nitro benzene ring substituents is 1. The number of nitro groups is 1. The summed E-state index contributed by atoms with van der Waals surface area (Å²) >= 11 is 0. The van der Waals surface area contributed by atoms with Crippen molar-refractivity contribution in [2.24, 2.45) is 0 Å². The number of nitrogens with one attached hydrogen (secondary N) is 1. The van der Waals surface area contributed by atoms with E-state index >= 15 is 0 Å². The number of sulfonamides is 1. The second kappa shape index (κ2) is 7.74. The second-order valence-corrected chi connectivity index (χ2v) is 7.70. The summed E-state index contributed by atoms with van der Waals surface area (Å²) in [7, 11) is -4.26. The van der Waals surface area contributed by atoms with E-state index < -0.39 is 37.3 Å². The lowest BCUT2D eigenvalue weighted by molar-refractivity contribution is -0.384. The number of hydrogen-bond donors (Lipinski definition) is 3. The number of ether oxygens (including phenoxy) is 2. The van der Waals surface area contributed by atoms with E-state index in [1.165, 1.54) is 6.26 Å². The Morgan fingerprint density at radius 3 is 2.54 bits per heavy atom. The molecule has 1 heterocycles. The van der Waals surface area contributed by atoms with Crippen molar-refractivity contribution in [2.45, 2.75) is 17.4 Å². The maximum Gasteiger partial charge on any atom is 0.295 e. The highest BCUT2D eigenvalue weighted by Crippen LogP contribution is 2.32. The zero-order chi connectivity index (χ0) is 20.3. The predicted octanol–water partition coefficient (Wildman–Crippen LogP) is 1.49. The van der Waals surface area contributed by atoms with Crippen LogP contribution in [0.2, 0.25) is 0 Å². The Balaban J connectivity index is 1.97. The van der Waals surface area contributed by atoms with E-state index in [4.69, 9.17) is 20.9 Å². The molecule has 1 atom stereocenters. The van der Waals surface area contributed by atoms with Crippen molar-refractivity contribution >= 4 is 27.1 Å². The van der Waals surface area contributed by atoms with Crippen LogP contribution in [0.1, 0.15) is 5.56 Å². The van der Waals surface area contributed by atoms with Crippen LogP contribution in [-0.2, 0) is 25.9 Å². The molecular weight excluding hydrogens is 388 g/mol. The summed E-state index contributed by atoms with van der Waals surface area (Å²) in [6, 6.07) is 10.4. The number of rotatable bonds is 7. The molecule has 10 nitrogen and oxygen atoms in total. The quantitative estimate of drug-likeness (QED) is 0.354. The highest BCUT2D eigenvalue weighted by molar-refractivity contribution is 7.89. The lowest BCUT2D eigenvalue weighted by Gasteiger charge is -2.19. The van der Waals surface area contributed by atoms with Crippen LogP contribution >= 0.6 is 0 Å². The molecule has 0 bridgehead atoms. The summed E-state index contributed by atoms with van der Waals surface area (Å²) in [5, 5.41) is 11.1. The van der Waals surface area contributed by atoms with Crippen molar-refractivity contribution in [3.05, 3.63) is 70.2 Å². The van der Waals surface area contributed by atoms with Gasteiger partial charge in [-0.25, -0.2) is 8.42 Å². The Morgan fingerprint density at radius 2 is 1.93 bits per heavy atom. The Labute approximate surface area is 160 Å². The molecule has 0 spiro atoms. The van der Waals surface area contributed by atoms with Crippen LogP contribution in [0.25, 0.3) is 0 Å². The van der Waals surface area contributed by atoms with Gasteiger partial charge in [-0.2, -0.15) is 4.72 Å². The normalized spacial score (nSPS) is 14.6. The highest BCUT2D eigenvalue weighted by atomic mass is 32.2. The topological polar surface area (TPSA) is 160 Å². The Hall–Kier alpha value is -3.31. The molecule has 1 unspecified atom stereocenters. The van der Waals surface area contributed by atoms with Crippen molar-refractivity contribution < 1.29 is 22.8 Å². The van der Waals surface area contributed by atoms with Crippen molar-refractivity contribution in [1.29, 1.82) is 0 Å². The van der Waals surface area contributed by atoms with Gasteiger partial charge in [0.2, 0.25) is 16.8 Å². The third-order valence-corrected chi connectivity index (χ3v) is 5.56. The maximum atomic E-state index is 12.9. The van der Waals surface area contributed by atoms with Crippen molar-refractivity contribution in [3.8, 4) is 0 Å². The molecule has 5 N–H and O–H groups in total. The van der Waals surface area contributed by atoms with E-state index in [0.29, 0.717) is 0 Å². The van der Waals surface area contributed by atoms with Gasteiger partial charge >= 0.3 is 0 Å². The Kier molecular flexibility index (Phi) is 5.38. The largest absolute Gasteiger partial charge is 0.462 e. The van der Waals surface area contributed by atoms with Gasteiger partial charge in [-0.15, -0.1) is 0 Å². The van der Waals surface area contributed by atoms with Gasteiger partial charge in [-0.05, 0) is 18.1 Å². The lowest BCUT2D eigenvalue weighted by atomic mass is 10.1. The number of anilines is 2. The van der Waals surface area contributed by atoms with Gasteiger partial charge in [0.05, 0.1) is 11.0 Å². The lowest BCUT2D eigenvalue weighted by Crippen LogP contribution is -2.38. The molecule has 1 aliphatic rings. The van der Waals surface area contributed by atoms with E-state index in [9.17, 15) is 18.5 Å². The molecule has 2 aromatic rings. The van der Waals surface area contributed by atoms with Crippen LogP contribution in [0.5, 0.6) is 0 Å². The first-order valence-corrected chi connectivity index (χ1v) is 9.60. The summed E-state index contributed by atoms with van der Waals surface area (Å²) in [6.07, 6.45) is 1.58. The van der Waals surface area contributed by atoms with Crippen LogP contribution in [0.4, 0.5) is 17.1 Å². The minimum atomic E-state index is -4.26. The fraction of sp³-hybridized carbons (Fsp3) is 0.176. The first-order chi connectivity index (χ1) is 13.3.